The number of amides is 1. The minimum atomic E-state index is -0.664. The van der Waals surface area contributed by atoms with Gasteiger partial charge in [0.25, 0.3) is 5.91 Å². The van der Waals surface area contributed by atoms with Crippen LogP contribution in [0.5, 0.6) is 5.75 Å². The van der Waals surface area contributed by atoms with Gasteiger partial charge < -0.3 is 4.74 Å². The minimum absolute atomic E-state index is 0.369. The van der Waals surface area contributed by atoms with E-state index >= 15 is 0 Å². The molecule has 0 bridgehead atoms. The second kappa shape index (κ2) is 6.51. The third-order valence-corrected chi connectivity index (χ3v) is 4.06. The van der Waals surface area contributed by atoms with E-state index in [1.54, 1.807) is 6.20 Å². The summed E-state index contributed by atoms with van der Waals surface area (Å²) >= 11 is 6.92. The van der Waals surface area contributed by atoms with Gasteiger partial charge in [-0.25, -0.2) is 5.84 Å². The molecule has 0 fully saturated rings. The standard InChI is InChI=1S/C13H13Br2N3O2/c1-2-10(13(19)18-16)20-12-9(15)6-8(14)7-4-3-5-17-11(7)12/h3-6,10H,2,16H2,1H3,(H,18,19). The Kier molecular flexibility index (Phi) is 4.95. The van der Waals surface area contributed by atoms with Gasteiger partial charge in [-0.2, -0.15) is 0 Å². The molecule has 1 aromatic heterocycles. The summed E-state index contributed by atoms with van der Waals surface area (Å²) in [5, 5.41) is 0.911. The molecular formula is C13H13Br2N3O2. The summed E-state index contributed by atoms with van der Waals surface area (Å²) in [7, 11) is 0. The zero-order valence-electron chi connectivity index (χ0n) is 10.7. The molecule has 1 aromatic carbocycles. The number of ether oxygens (including phenoxy) is 1. The fraction of sp³-hybridized carbons (Fsp3) is 0.231. The third kappa shape index (κ3) is 2.94. The van der Waals surface area contributed by atoms with Crippen molar-refractivity contribution in [1.82, 2.24) is 10.4 Å². The Morgan fingerprint density at radius 1 is 1.50 bits per heavy atom. The first-order valence-corrected chi connectivity index (χ1v) is 7.57. The predicted molar refractivity (Wildman–Crippen MR) is 84.2 cm³/mol. The number of fused-ring (bicyclic) bond motifs is 1. The lowest BCUT2D eigenvalue weighted by atomic mass is 10.2. The van der Waals surface area contributed by atoms with Crippen LogP contribution in [0.4, 0.5) is 0 Å². The number of carbonyl (C=O) groups excluding carboxylic acids is 1. The fourth-order valence-corrected chi connectivity index (χ4v) is 3.18. The summed E-state index contributed by atoms with van der Waals surface area (Å²) in [4.78, 5) is 16.0. The van der Waals surface area contributed by atoms with E-state index in [0.717, 1.165) is 14.3 Å². The van der Waals surface area contributed by atoms with Crippen molar-refractivity contribution in [3.8, 4) is 5.75 Å². The molecule has 0 radical (unpaired) electrons. The van der Waals surface area contributed by atoms with Gasteiger partial charge in [-0.15, -0.1) is 0 Å². The molecule has 2 rings (SSSR count). The van der Waals surface area contributed by atoms with E-state index in [-0.39, 0.29) is 5.91 Å². The number of carbonyl (C=O) groups is 1. The van der Waals surface area contributed by atoms with Crippen molar-refractivity contribution < 1.29 is 9.53 Å². The summed E-state index contributed by atoms with van der Waals surface area (Å²) < 4.78 is 7.41. The Hall–Kier alpha value is -1.18. The first-order valence-electron chi connectivity index (χ1n) is 5.98. The van der Waals surface area contributed by atoms with Crippen LogP contribution in [0.2, 0.25) is 0 Å². The first kappa shape index (κ1) is 15.2. The molecular weight excluding hydrogens is 390 g/mol. The number of hydrogen-bond acceptors (Lipinski definition) is 4. The van der Waals surface area contributed by atoms with Gasteiger partial charge in [-0.05, 0) is 34.5 Å². The highest BCUT2D eigenvalue weighted by Gasteiger charge is 2.21. The van der Waals surface area contributed by atoms with Gasteiger partial charge in [-0.1, -0.05) is 28.9 Å². The Labute approximate surface area is 133 Å². The molecule has 2 aromatic rings. The molecule has 0 saturated carbocycles. The van der Waals surface area contributed by atoms with Crippen LogP contribution in [0.25, 0.3) is 10.9 Å². The minimum Gasteiger partial charge on any atom is -0.477 e. The molecule has 0 saturated heterocycles. The van der Waals surface area contributed by atoms with Crippen molar-refractivity contribution in [2.45, 2.75) is 19.4 Å². The van der Waals surface area contributed by atoms with Gasteiger partial charge in [0.1, 0.15) is 5.52 Å². The van der Waals surface area contributed by atoms with Gasteiger partial charge in [0.05, 0.1) is 4.47 Å². The number of nitrogens with zero attached hydrogens (tertiary/aromatic N) is 1. The van der Waals surface area contributed by atoms with E-state index in [9.17, 15) is 4.79 Å². The van der Waals surface area contributed by atoms with Crippen LogP contribution in [0, 0.1) is 0 Å². The number of halogens is 2. The van der Waals surface area contributed by atoms with Gasteiger partial charge in [0.15, 0.2) is 11.9 Å². The Morgan fingerprint density at radius 3 is 2.90 bits per heavy atom. The van der Waals surface area contributed by atoms with Crippen LogP contribution in [0.15, 0.2) is 33.3 Å². The van der Waals surface area contributed by atoms with Crippen molar-refractivity contribution in [2.24, 2.45) is 5.84 Å². The number of benzene rings is 1. The van der Waals surface area contributed by atoms with Crippen molar-refractivity contribution in [1.29, 1.82) is 0 Å². The quantitative estimate of drug-likeness (QED) is 0.468. The number of hydrogen-bond donors (Lipinski definition) is 2. The predicted octanol–water partition coefficient (Wildman–Crippen LogP) is 2.91. The number of nitrogens with one attached hydrogen (secondary N) is 1. The van der Waals surface area contributed by atoms with Crippen LogP contribution in [0.1, 0.15) is 13.3 Å². The lowest BCUT2D eigenvalue weighted by molar-refractivity contribution is -0.128. The van der Waals surface area contributed by atoms with Crippen molar-refractivity contribution >= 4 is 48.7 Å². The molecule has 1 heterocycles. The van der Waals surface area contributed by atoms with E-state index in [4.69, 9.17) is 10.6 Å². The van der Waals surface area contributed by atoms with Gasteiger partial charge >= 0.3 is 0 Å². The highest BCUT2D eigenvalue weighted by molar-refractivity contribution is 9.11. The zero-order chi connectivity index (χ0) is 14.7. The van der Waals surface area contributed by atoms with Crippen molar-refractivity contribution in [2.75, 3.05) is 0 Å². The first-order chi connectivity index (χ1) is 9.58. The largest absolute Gasteiger partial charge is 0.477 e. The molecule has 1 atom stereocenters. The highest BCUT2D eigenvalue weighted by atomic mass is 79.9. The van der Waals surface area contributed by atoms with Gasteiger partial charge in [-0.3, -0.25) is 15.2 Å². The number of rotatable bonds is 4. The normalized spacial score (nSPS) is 12.2. The fourth-order valence-electron chi connectivity index (χ4n) is 1.82. The monoisotopic (exact) mass is 401 g/mol. The summed E-state index contributed by atoms with van der Waals surface area (Å²) in [6, 6.07) is 5.64. The second-order valence-corrected chi connectivity index (χ2v) is 5.80. The summed E-state index contributed by atoms with van der Waals surface area (Å²) in [5.74, 6) is 5.32. The van der Waals surface area contributed by atoms with Gasteiger partial charge in [0.2, 0.25) is 0 Å². The number of aromatic nitrogens is 1. The highest BCUT2D eigenvalue weighted by Crippen LogP contribution is 2.37. The van der Waals surface area contributed by atoms with E-state index in [2.05, 4.69) is 42.3 Å². The maximum absolute atomic E-state index is 11.7. The van der Waals surface area contributed by atoms with Crippen LogP contribution < -0.4 is 16.0 Å². The Bertz CT molecular complexity index is 649. The number of nitrogens with two attached hydrogens (primary N) is 1. The molecule has 0 aliphatic carbocycles. The van der Waals surface area contributed by atoms with Crippen LogP contribution in [-0.2, 0) is 4.79 Å². The average molecular weight is 403 g/mol. The lowest BCUT2D eigenvalue weighted by Gasteiger charge is -2.18. The summed E-state index contributed by atoms with van der Waals surface area (Å²) in [6.07, 6.45) is 1.51. The summed E-state index contributed by atoms with van der Waals surface area (Å²) in [6.45, 7) is 1.85. The van der Waals surface area contributed by atoms with E-state index in [0.29, 0.717) is 17.7 Å². The van der Waals surface area contributed by atoms with Gasteiger partial charge in [0, 0.05) is 16.1 Å². The van der Waals surface area contributed by atoms with Crippen molar-refractivity contribution in [3.63, 3.8) is 0 Å². The van der Waals surface area contributed by atoms with Crippen molar-refractivity contribution in [3.05, 3.63) is 33.3 Å². The number of pyridine rings is 1. The van der Waals surface area contributed by atoms with Crippen LogP contribution in [-0.4, -0.2) is 17.0 Å². The molecule has 1 unspecified atom stereocenters. The molecule has 20 heavy (non-hydrogen) atoms. The number of hydrazine groups is 1. The molecule has 0 spiro atoms. The molecule has 3 N–H and O–H groups in total. The average Bonchev–Trinajstić information content (AvgIpc) is 2.46. The zero-order valence-corrected chi connectivity index (χ0v) is 13.9. The van der Waals surface area contributed by atoms with Crippen LogP contribution >= 0.6 is 31.9 Å². The third-order valence-electron chi connectivity index (χ3n) is 2.82. The smallest absolute Gasteiger partial charge is 0.274 e. The molecule has 7 heteroatoms. The maximum Gasteiger partial charge on any atom is 0.274 e. The second-order valence-electron chi connectivity index (χ2n) is 4.09. The molecule has 1 amide bonds. The molecule has 0 aliphatic rings. The van der Waals surface area contributed by atoms with E-state index < -0.39 is 6.10 Å². The maximum atomic E-state index is 11.7. The SMILES string of the molecule is CCC(Oc1c(Br)cc(Br)c2cccnc12)C(=O)NN. The topological polar surface area (TPSA) is 77.2 Å². The Morgan fingerprint density at radius 2 is 2.25 bits per heavy atom. The lowest BCUT2D eigenvalue weighted by Crippen LogP contribution is -2.41. The molecule has 0 aliphatic heterocycles. The summed E-state index contributed by atoms with van der Waals surface area (Å²) in [5.41, 5.74) is 2.78. The van der Waals surface area contributed by atoms with E-state index in [1.807, 2.05) is 25.1 Å². The Balaban J connectivity index is 2.51. The molecule has 106 valence electrons. The van der Waals surface area contributed by atoms with E-state index in [1.165, 1.54) is 0 Å². The van der Waals surface area contributed by atoms with Crippen LogP contribution in [0.3, 0.4) is 0 Å². The molecule has 5 nitrogen and oxygen atoms in total.